The van der Waals surface area contributed by atoms with Gasteiger partial charge >= 0.3 is 0 Å². The van der Waals surface area contributed by atoms with Crippen molar-refractivity contribution in [1.82, 2.24) is 4.90 Å². The van der Waals surface area contributed by atoms with Crippen molar-refractivity contribution in [2.45, 2.75) is 13.8 Å². The summed E-state index contributed by atoms with van der Waals surface area (Å²) < 4.78 is 28.2. The van der Waals surface area contributed by atoms with Crippen LogP contribution in [0.2, 0.25) is 5.02 Å². The van der Waals surface area contributed by atoms with Gasteiger partial charge in [0.2, 0.25) is 0 Å². The Bertz CT molecular complexity index is 762. The molecule has 6 heteroatoms. The van der Waals surface area contributed by atoms with Crippen molar-refractivity contribution in [1.29, 1.82) is 0 Å². The molecule has 0 fully saturated rings. The van der Waals surface area contributed by atoms with Gasteiger partial charge in [-0.05, 0) is 49.7 Å². The number of anilines is 2. The van der Waals surface area contributed by atoms with Gasteiger partial charge in [-0.2, -0.15) is 0 Å². The van der Waals surface area contributed by atoms with Crippen molar-refractivity contribution in [3.63, 3.8) is 0 Å². The van der Waals surface area contributed by atoms with Crippen LogP contribution >= 0.6 is 11.6 Å². The zero-order chi connectivity index (χ0) is 17.9. The van der Waals surface area contributed by atoms with Crippen LogP contribution in [0.1, 0.15) is 12.5 Å². The number of benzene rings is 2. The predicted octanol–water partition coefficient (Wildman–Crippen LogP) is 5.31. The SMILES string of the molecule is CCN(C)C=Nc1cc(F)cc(N(C)c2ccc(Cl)cc2F)c1C. The topological polar surface area (TPSA) is 18.8 Å². The number of rotatable bonds is 5. The molecule has 0 unspecified atom stereocenters. The molecule has 0 aliphatic heterocycles. The van der Waals surface area contributed by atoms with Crippen LogP contribution in [-0.2, 0) is 0 Å². The van der Waals surface area contributed by atoms with Crippen molar-refractivity contribution >= 4 is 35.0 Å². The Morgan fingerprint density at radius 1 is 1.12 bits per heavy atom. The minimum Gasteiger partial charge on any atom is -0.366 e. The van der Waals surface area contributed by atoms with E-state index < -0.39 is 11.6 Å². The monoisotopic (exact) mass is 351 g/mol. The molecule has 0 bridgehead atoms. The van der Waals surface area contributed by atoms with Crippen molar-refractivity contribution in [2.75, 3.05) is 25.5 Å². The molecule has 24 heavy (non-hydrogen) atoms. The Kier molecular flexibility index (Phi) is 5.78. The molecule has 0 atom stereocenters. The molecule has 2 aromatic rings. The summed E-state index contributed by atoms with van der Waals surface area (Å²) in [5.74, 6) is -0.896. The van der Waals surface area contributed by atoms with Crippen LogP contribution in [0.15, 0.2) is 35.3 Å². The second-order valence-corrected chi connectivity index (χ2v) is 5.98. The summed E-state index contributed by atoms with van der Waals surface area (Å²) in [5, 5.41) is 0.313. The second-order valence-electron chi connectivity index (χ2n) is 5.54. The summed E-state index contributed by atoms with van der Waals surface area (Å²) >= 11 is 5.79. The highest BCUT2D eigenvalue weighted by atomic mass is 35.5. The highest BCUT2D eigenvalue weighted by molar-refractivity contribution is 6.30. The molecule has 0 N–H and O–H groups in total. The average molecular weight is 352 g/mol. The molecular formula is C18H20ClF2N3. The molecule has 0 aliphatic carbocycles. The maximum absolute atomic E-state index is 14.2. The summed E-state index contributed by atoms with van der Waals surface area (Å²) in [4.78, 5) is 7.80. The van der Waals surface area contributed by atoms with Gasteiger partial charge in [-0.3, -0.25) is 0 Å². The molecule has 0 amide bonds. The summed E-state index contributed by atoms with van der Waals surface area (Å²) in [6, 6.07) is 7.13. The first-order valence-electron chi connectivity index (χ1n) is 7.56. The van der Waals surface area contributed by atoms with E-state index in [-0.39, 0.29) is 0 Å². The minimum atomic E-state index is -0.468. The quantitative estimate of drug-likeness (QED) is 0.537. The minimum absolute atomic E-state index is 0.313. The third-order valence-corrected chi connectivity index (χ3v) is 4.08. The molecule has 0 saturated heterocycles. The van der Waals surface area contributed by atoms with Gasteiger partial charge in [0, 0.05) is 31.4 Å². The van der Waals surface area contributed by atoms with Crippen molar-refractivity contribution in [2.24, 2.45) is 4.99 Å². The Morgan fingerprint density at radius 2 is 1.83 bits per heavy atom. The third kappa shape index (κ3) is 4.03. The molecule has 0 radical (unpaired) electrons. The van der Waals surface area contributed by atoms with Gasteiger partial charge in [0.15, 0.2) is 0 Å². The van der Waals surface area contributed by atoms with E-state index in [4.69, 9.17) is 11.6 Å². The van der Waals surface area contributed by atoms with E-state index in [1.807, 2.05) is 25.8 Å². The molecule has 0 spiro atoms. The number of hydrogen-bond acceptors (Lipinski definition) is 2. The summed E-state index contributed by atoms with van der Waals surface area (Å²) in [6.45, 7) is 4.62. The van der Waals surface area contributed by atoms with Gasteiger partial charge in [-0.25, -0.2) is 13.8 Å². The van der Waals surface area contributed by atoms with Crippen LogP contribution in [0.25, 0.3) is 0 Å². The van der Waals surface area contributed by atoms with Gasteiger partial charge in [-0.1, -0.05) is 11.6 Å². The van der Waals surface area contributed by atoms with E-state index in [0.29, 0.717) is 22.1 Å². The molecule has 2 rings (SSSR count). The van der Waals surface area contributed by atoms with Crippen molar-refractivity contribution in [3.8, 4) is 0 Å². The van der Waals surface area contributed by atoms with Crippen LogP contribution < -0.4 is 4.90 Å². The van der Waals surface area contributed by atoms with Crippen molar-refractivity contribution in [3.05, 3.63) is 52.6 Å². The Labute approximate surface area is 146 Å². The standard InChI is InChI=1S/C18H20ClF2N3/c1-5-23(3)11-22-16-9-14(20)10-18(12(16)2)24(4)17-7-6-13(19)8-15(17)21/h6-11H,5H2,1-4H3. The number of nitrogens with zero attached hydrogens (tertiary/aromatic N) is 3. The summed E-state index contributed by atoms with van der Waals surface area (Å²) in [6.07, 6.45) is 1.65. The summed E-state index contributed by atoms with van der Waals surface area (Å²) in [7, 11) is 3.56. The van der Waals surface area contributed by atoms with Gasteiger partial charge < -0.3 is 9.80 Å². The smallest absolute Gasteiger partial charge is 0.148 e. The Hall–Kier alpha value is -2.14. The van der Waals surface area contributed by atoms with E-state index in [9.17, 15) is 8.78 Å². The lowest BCUT2D eigenvalue weighted by molar-refractivity contribution is 0.552. The highest BCUT2D eigenvalue weighted by Gasteiger charge is 2.15. The first-order chi connectivity index (χ1) is 11.3. The molecule has 2 aromatic carbocycles. The lowest BCUT2D eigenvalue weighted by atomic mass is 10.1. The first-order valence-corrected chi connectivity index (χ1v) is 7.94. The molecule has 0 aliphatic rings. The molecular weight excluding hydrogens is 332 g/mol. The first kappa shape index (κ1) is 18.2. The van der Waals surface area contributed by atoms with Gasteiger partial charge in [0.25, 0.3) is 0 Å². The predicted molar refractivity (Wildman–Crippen MR) is 97.1 cm³/mol. The van der Waals surface area contributed by atoms with Gasteiger partial charge in [0.1, 0.15) is 11.6 Å². The van der Waals surface area contributed by atoms with Gasteiger partial charge in [-0.15, -0.1) is 0 Å². The van der Waals surface area contributed by atoms with Crippen LogP contribution in [0.4, 0.5) is 25.8 Å². The fourth-order valence-corrected chi connectivity index (χ4v) is 2.42. The summed E-state index contributed by atoms with van der Waals surface area (Å²) in [5.41, 5.74) is 2.12. The maximum atomic E-state index is 14.2. The number of aliphatic imine (C=N–C) groups is 1. The van der Waals surface area contributed by atoms with E-state index in [1.165, 1.54) is 18.2 Å². The molecule has 0 saturated carbocycles. The van der Waals surface area contributed by atoms with Crippen LogP contribution in [-0.4, -0.2) is 31.9 Å². The number of halogens is 3. The lowest BCUT2D eigenvalue weighted by Crippen LogP contribution is -2.15. The fraction of sp³-hybridized carbons (Fsp3) is 0.278. The second kappa shape index (κ2) is 7.62. The molecule has 0 heterocycles. The normalized spacial score (nSPS) is 11.1. The zero-order valence-corrected chi connectivity index (χ0v) is 14.9. The lowest BCUT2D eigenvalue weighted by Gasteiger charge is -2.23. The highest BCUT2D eigenvalue weighted by Crippen LogP contribution is 2.35. The van der Waals surface area contributed by atoms with Crippen LogP contribution in [0, 0.1) is 18.6 Å². The van der Waals surface area contributed by atoms with Crippen molar-refractivity contribution < 1.29 is 8.78 Å². The van der Waals surface area contributed by atoms with Crippen LogP contribution in [0.3, 0.4) is 0 Å². The van der Waals surface area contributed by atoms with E-state index in [0.717, 1.165) is 12.1 Å². The Morgan fingerprint density at radius 3 is 2.46 bits per heavy atom. The molecule has 0 aromatic heterocycles. The largest absolute Gasteiger partial charge is 0.366 e. The zero-order valence-electron chi connectivity index (χ0n) is 14.1. The van der Waals surface area contributed by atoms with E-state index in [2.05, 4.69) is 4.99 Å². The fourth-order valence-electron chi connectivity index (χ4n) is 2.26. The number of hydrogen-bond donors (Lipinski definition) is 0. The third-order valence-electron chi connectivity index (χ3n) is 3.84. The van der Waals surface area contributed by atoms with Crippen LogP contribution in [0.5, 0.6) is 0 Å². The Balaban J connectivity index is 2.46. The maximum Gasteiger partial charge on any atom is 0.148 e. The molecule has 128 valence electrons. The molecule has 3 nitrogen and oxygen atoms in total. The van der Waals surface area contributed by atoms with E-state index >= 15 is 0 Å². The average Bonchev–Trinajstić information content (AvgIpc) is 2.54. The van der Waals surface area contributed by atoms with E-state index in [1.54, 1.807) is 30.4 Å². The van der Waals surface area contributed by atoms with Gasteiger partial charge in [0.05, 0.1) is 17.7 Å².